The smallest absolute Gasteiger partial charge is 0.387 e. The van der Waals surface area contributed by atoms with Crippen molar-refractivity contribution in [2.75, 3.05) is 5.01 Å². The van der Waals surface area contributed by atoms with Crippen molar-refractivity contribution in [3.8, 4) is 11.5 Å². The van der Waals surface area contributed by atoms with Crippen molar-refractivity contribution in [1.29, 1.82) is 0 Å². The maximum Gasteiger partial charge on any atom is 0.446 e. The fourth-order valence-corrected chi connectivity index (χ4v) is 2.65. The van der Waals surface area contributed by atoms with Crippen LogP contribution in [0.4, 0.5) is 10.5 Å². The second-order valence-corrected chi connectivity index (χ2v) is 6.04. The topological polar surface area (TPSA) is 80.7 Å². The van der Waals surface area contributed by atoms with Gasteiger partial charge in [0.2, 0.25) is 5.89 Å². The van der Waals surface area contributed by atoms with E-state index in [0.717, 1.165) is 10.6 Å². The van der Waals surface area contributed by atoms with Crippen molar-refractivity contribution in [1.82, 2.24) is 9.78 Å². The van der Waals surface area contributed by atoms with Gasteiger partial charge in [0.1, 0.15) is 0 Å². The molecule has 0 aliphatic heterocycles. The van der Waals surface area contributed by atoms with Gasteiger partial charge in [-0.3, -0.25) is 0 Å². The van der Waals surface area contributed by atoms with Gasteiger partial charge in [-0.05, 0) is 29.8 Å². The first-order valence-electron chi connectivity index (χ1n) is 8.86. The minimum absolute atomic E-state index is 0.0593. The maximum absolute atomic E-state index is 13.1. The van der Waals surface area contributed by atoms with Gasteiger partial charge >= 0.3 is 11.8 Å². The summed E-state index contributed by atoms with van der Waals surface area (Å²) in [6.45, 7) is 0. The number of para-hydroxylation sites is 1. The molecule has 1 heterocycles. The van der Waals surface area contributed by atoms with Gasteiger partial charge in [0.05, 0.1) is 11.9 Å². The molecule has 0 aliphatic carbocycles. The Hall–Kier alpha value is -4.26. The molecule has 0 fully saturated rings. The van der Waals surface area contributed by atoms with Crippen LogP contribution < -0.4 is 10.8 Å². The van der Waals surface area contributed by atoms with Crippen LogP contribution in [-0.4, -0.2) is 22.0 Å². The van der Waals surface area contributed by atoms with Crippen LogP contribution >= 0.6 is 0 Å². The number of hydrogen-bond acceptors (Lipinski definition) is 5. The minimum atomic E-state index is -0.885. The lowest BCUT2D eigenvalue weighted by Gasteiger charge is -2.15. The van der Waals surface area contributed by atoms with Gasteiger partial charge in [-0.2, -0.15) is 10.1 Å². The summed E-state index contributed by atoms with van der Waals surface area (Å²) in [7, 11) is 0. The van der Waals surface area contributed by atoms with Crippen LogP contribution in [0.5, 0.6) is 0 Å². The van der Waals surface area contributed by atoms with Gasteiger partial charge in [-0.1, -0.05) is 66.7 Å². The van der Waals surface area contributed by atoms with Gasteiger partial charge in [-0.25, -0.2) is 9.59 Å². The highest BCUT2D eigenvalue weighted by molar-refractivity contribution is 5.94. The molecule has 0 saturated carbocycles. The summed E-state index contributed by atoms with van der Waals surface area (Å²) in [5.41, 5.74) is 1.88. The third-order valence-electron chi connectivity index (χ3n) is 4.05. The molecule has 0 spiro atoms. The average molecular weight is 384 g/mol. The predicted octanol–water partition coefficient (Wildman–Crippen LogP) is 4.01. The Morgan fingerprint density at radius 1 is 0.897 bits per heavy atom. The first kappa shape index (κ1) is 18.1. The van der Waals surface area contributed by atoms with Crippen molar-refractivity contribution in [3.63, 3.8) is 0 Å². The lowest BCUT2D eigenvalue weighted by molar-refractivity contribution is 0.243. The zero-order valence-electron chi connectivity index (χ0n) is 15.3. The summed E-state index contributed by atoms with van der Waals surface area (Å²) in [6, 6.07) is 26.3. The van der Waals surface area contributed by atoms with E-state index in [9.17, 15) is 9.59 Å². The standard InChI is InChI=1S/C22H16N4O3/c27-21(26-22(28)29-20(24-26)18-12-6-2-7-13-18)25(19-14-8-3-9-15-19)23-16-17-10-4-1-5-11-17/h1-16H/b23-16+. The van der Waals surface area contributed by atoms with E-state index in [1.54, 1.807) is 48.5 Å². The number of rotatable bonds is 4. The Morgan fingerprint density at radius 2 is 1.48 bits per heavy atom. The second kappa shape index (κ2) is 8.18. The zero-order valence-corrected chi connectivity index (χ0v) is 15.3. The number of carbonyl (C=O) groups excluding carboxylic acids is 1. The summed E-state index contributed by atoms with van der Waals surface area (Å²) in [4.78, 5) is 25.4. The molecule has 0 saturated heterocycles. The molecule has 0 N–H and O–H groups in total. The van der Waals surface area contributed by atoms with Crippen LogP contribution in [0.2, 0.25) is 0 Å². The van der Waals surface area contributed by atoms with Crippen LogP contribution in [0.25, 0.3) is 11.5 Å². The van der Waals surface area contributed by atoms with E-state index in [1.165, 1.54) is 6.21 Å². The average Bonchev–Trinajstić information content (AvgIpc) is 3.17. The fraction of sp³-hybridized carbons (Fsp3) is 0. The molecule has 0 radical (unpaired) electrons. The second-order valence-electron chi connectivity index (χ2n) is 6.04. The number of hydrazone groups is 1. The molecule has 7 heteroatoms. The van der Waals surface area contributed by atoms with E-state index in [0.29, 0.717) is 15.9 Å². The van der Waals surface area contributed by atoms with Crippen molar-refractivity contribution in [2.24, 2.45) is 5.10 Å². The van der Waals surface area contributed by atoms with Gasteiger partial charge in [0.25, 0.3) is 0 Å². The van der Waals surface area contributed by atoms with Crippen molar-refractivity contribution >= 4 is 17.9 Å². The quantitative estimate of drug-likeness (QED) is 0.393. The maximum atomic E-state index is 13.1. The largest absolute Gasteiger partial charge is 0.446 e. The number of amides is 1. The molecule has 0 atom stereocenters. The SMILES string of the molecule is O=C(N(/N=C/c1ccccc1)c1ccccc1)n1nc(-c2ccccc2)oc1=O. The van der Waals surface area contributed by atoms with Crippen LogP contribution in [0, 0.1) is 0 Å². The van der Waals surface area contributed by atoms with Gasteiger partial charge in [0, 0.05) is 5.56 Å². The van der Waals surface area contributed by atoms with Crippen molar-refractivity contribution in [3.05, 3.63) is 107 Å². The predicted molar refractivity (Wildman–Crippen MR) is 110 cm³/mol. The third-order valence-corrected chi connectivity index (χ3v) is 4.05. The van der Waals surface area contributed by atoms with Gasteiger partial charge in [-0.15, -0.1) is 9.78 Å². The normalized spacial score (nSPS) is 10.9. The molecular formula is C22H16N4O3. The Morgan fingerprint density at radius 3 is 2.14 bits per heavy atom. The van der Waals surface area contributed by atoms with Crippen molar-refractivity contribution < 1.29 is 9.21 Å². The first-order chi connectivity index (χ1) is 14.2. The molecule has 0 aliphatic rings. The van der Waals surface area contributed by atoms with E-state index in [-0.39, 0.29) is 5.89 Å². The van der Waals surface area contributed by atoms with E-state index in [1.807, 2.05) is 42.5 Å². The molecule has 7 nitrogen and oxygen atoms in total. The van der Waals surface area contributed by atoms with Gasteiger partial charge < -0.3 is 4.42 Å². The van der Waals surface area contributed by atoms with E-state index < -0.39 is 11.8 Å². The number of anilines is 1. The number of hydrogen-bond donors (Lipinski definition) is 0. The third kappa shape index (κ3) is 4.03. The van der Waals surface area contributed by atoms with Crippen LogP contribution in [0.1, 0.15) is 5.56 Å². The summed E-state index contributed by atoms with van der Waals surface area (Å²) in [5.74, 6) is -0.825. The Kier molecular flexibility index (Phi) is 5.11. The summed E-state index contributed by atoms with van der Waals surface area (Å²) < 4.78 is 5.83. The summed E-state index contributed by atoms with van der Waals surface area (Å²) >= 11 is 0. The highest BCUT2D eigenvalue weighted by atomic mass is 16.4. The van der Waals surface area contributed by atoms with Crippen LogP contribution in [0.3, 0.4) is 0 Å². The number of carbonyl (C=O) groups is 1. The highest BCUT2D eigenvalue weighted by Crippen LogP contribution is 2.17. The number of nitrogens with zero attached hydrogens (tertiary/aromatic N) is 4. The Labute approximate surface area is 166 Å². The molecule has 1 amide bonds. The van der Waals surface area contributed by atoms with E-state index in [2.05, 4.69) is 10.2 Å². The van der Waals surface area contributed by atoms with Crippen LogP contribution in [-0.2, 0) is 0 Å². The fourth-order valence-electron chi connectivity index (χ4n) is 2.65. The molecule has 4 aromatic rings. The van der Waals surface area contributed by atoms with E-state index in [4.69, 9.17) is 4.42 Å². The molecule has 29 heavy (non-hydrogen) atoms. The number of benzene rings is 3. The monoisotopic (exact) mass is 384 g/mol. The van der Waals surface area contributed by atoms with Crippen molar-refractivity contribution in [2.45, 2.75) is 0 Å². The molecule has 3 aromatic carbocycles. The minimum Gasteiger partial charge on any atom is -0.387 e. The molecule has 1 aromatic heterocycles. The molecule has 0 bridgehead atoms. The molecule has 142 valence electrons. The molecule has 4 rings (SSSR count). The van der Waals surface area contributed by atoms with E-state index >= 15 is 0 Å². The Balaban J connectivity index is 1.71. The lowest BCUT2D eigenvalue weighted by Crippen LogP contribution is -2.36. The summed E-state index contributed by atoms with van der Waals surface area (Å²) in [5, 5.41) is 9.44. The molecular weight excluding hydrogens is 368 g/mol. The summed E-state index contributed by atoms with van der Waals surface area (Å²) in [6.07, 6.45) is 1.54. The number of aromatic nitrogens is 2. The lowest BCUT2D eigenvalue weighted by atomic mass is 10.2. The first-order valence-corrected chi connectivity index (χ1v) is 8.86. The highest BCUT2D eigenvalue weighted by Gasteiger charge is 2.23. The Bertz CT molecular complexity index is 1180. The van der Waals surface area contributed by atoms with Gasteiger partial charge in [0.15, 0.2) is 0 Å². The zero-order chi connectivity index (χ0) is 20.1. The molecule has 0 unspecified atom stereocenters. The van der Waals surface area contributed by atoms with Crippen LogP contribution in [0.15, 0.2) is 105 Å².